The highest BCUT2D eigenvalue weighted by Crippen LogP contribution is 2.22. The van der Waals surface area contributed by atoms with Crippen molar-refractivity contribution in [1.82, 2.24) is 0 Å². The average Bonchev–Trinajstić information content (AvgIpc) is 2.14. The number of aliphatic hydroxyl groups excluding tert-OH is 5. The fraction of sp³-hybridized carbons (Fsp3) is 1.00. The highest BCUT2D eigenvalue weighted by atomic mass is 16.6. The lowest BCUT2D eigenvalue weighted by Gasteiger charge is -2.40. The SMILES string of the molecule is OC[C@H]1OC(C(O)O)[C@H](O)[C@@H](O)[C@@H]1O. The Bertz CT molecular complexity index is 183. The Morgan fingerprint density at radius 1 is 1.00 bits per heavy atom. The quantitative estimate of drug-likeness (QED) is 0.257. The summed E-state index contributed by atoms with van der Waals surface area (Å²) in [6.07, 6.45) is -9.20. The van der Waals surface area contributed by atoms with Gasteiger partial charge in [-0.05, 0) is 0 Å². The van der Waals surface area contributed by atoms with Gasteiger partial charge in [-0.2, -0.15) is 0 Å². The van der Waals surface area contributed by atoms with Gasteiger partial charge in [0.15, 0.2) is 6.29 Å². The minimum absolute atomic E-state index is 0.589. The third-order valence-corrected chi connectivity index (χ3v) is 2.22. The first-order valence-corrected chi connectivity index (χ1v) is 4.15. The second-order valence-electron chi connectivity index (χ2n) is 3.21. The van der Waals surface area contributed by atoms with E-state index in [0.29, 0.717) is 0 Å². The van der Waals surface area contributed by atoms with Crippen LogP contribution in [0.25, 0.3) is 0 Å². The van der Waals surface area contributed by atoms with Gasteiger partial charge < -0.3 is 35.4 Å². The molecule has 1 fully saturated rings. The van der Waals surface area contributed by atoms with Crippen molar-refractivity contribution in [2.75, 3.05) is 6.61 Å². The maximum Gasteiger partial charge on any atom is 0.181 e. The topological polar surface area (TPSA) is 131 Å². The number of hydrogen-bond donors (Lipinski definition) is 6. The van der Waals surface area contributed by atoms with Crippen LogP contribution in [0.15, 0.2) is 0 Å². The van der Waals surface area contributed by atoms with Gasteiger partial charge in [-0.25, -0.2) is 0 Å². The summed E-state index contributed by atoms with van der Waals surface area (Å²) in [6, 6.07) is 0. The van der Waals surface area contributed by atoms with Gasteiger partial charge in [0.25, 0.3) is 0 Å². The van der Waals surface area contributed by atoms with Gasteiger partial charge in [-0.1, -0.05) is 0 Å². The lowest BCUT2D eigenvalue weighted by molar-refractivity contribution is -0.277. The standard InChI is InChI=1S/C7H14O7/c8-1-2-3(9)4(10)5(11)6(14-2)7(12)13/h2-13H,1H2/t2-,3-,4+,5-,6?/m1/s1. The summed E-state index contributed by atoms with van der Waals surface area (Å²) in [5.74, 6) is 0. The zero-order chi connectivity index (χ0) is 10.9. The second-order valence-corrected chi connectivity index (χ2v) is 3.21. The van der Waals surface area contributed by atoms with Gasteiger partial charge in [-0.3, -0.25) is 0 Å². The van der Waals surface area contributed by atoms with E-state index in [2.05, 4.69) is 0 Å². The minimum atomic E-state index is -1.98. The molecule has 1 aliphatic rings. The minimum Gasteiger partial charge on any atom is -0.394 e. The van der Waals surface area contributed by atoms with E-state index >= 15 is 0 Å². The molecule has 1 saturated heterocycles. The van der Waals surface area contributed by atoms with E-state index in [9.17, 15) is 15.3 Å². The fourth-order valence-electron chi connectivity index (χ4n) is 1.38. The molecule has 0 aromatic heterocycles. The van der Waals surface area contributed by atoms with Crippen LogP contribution in [0.1, 0.15) is 0 Å². The van der Waals surface area contributed by atoms with E-state index in [1.54, 1.807) is 0 Å². The van der Waals surface area contributed by atoms with Gasteiger partial charge in [0.2, 0.25) is 0 Å². The summed E-state index contributed by atoms with van der Waals surface area (Å²) in [6.45, 7) is -0.589. The molecule has 0 aromatic rings. The summed E-state index contributed by atoms with van der Waals surface area (Å²) < 4.78 is 4.78. The summed E-state index contributed by atoms with van der Waals surface area (Å²) in [4.78, 5) is 0. The van der Waals surface area contributed by atoms with Crippen LogP contribution in [0, 0.1) is 0 Å². The largest absolute Gasteiger partial charge is 0.394 e. The van der Waals surface area contributed by atoms with Gasteiger partial charge in [-0.15, -0.1) is 0 Å². The predicted octanol–water partition coefficient (Wildman–Crippen LogP) is -3.86. The van der Waals surface area contributed by atoms with Crippen molar-refractivity contribution in [2.45, 2.75) is 36.8 Å². The lowest BCUT2D eigenvalue weighted by Crippen LogP contribution is -2.61. The molecular weight excluding hydrogens is 196 g/mol. The van der Waals surface area contributed by atoms with E-state index < -0.39 is 43.4 Å². The molecule has 0 saturated carbocycles. The van der Waals surface area contributed by atoms with Crippen molar-refractivity contribution in [2.24, 2.45) is 0 Å². The average molecular weight is 210 g/mol. The van der Waals surface area contributed by atoms with E-state index in [0.717, 1.165) is 0 Å². The van der Waals surface area contributed by atoms with Crippen molar-refractivity contribution >= 4 is 0 Å². The summed E-state index contributed by atoms with van der Waals surface area (Å²) in [5, 5.41) is 54.0. The molecular formula is C7H14O7. The van der Waals surface area contributed by atoms with Crippen molar-refractivity contribution in [3.8, 4) is 0 Å². The molecule has 0 bridgehead atoms. The highest BCUT2D eigenvalue weighted by molar-refractivity contribution is 4.92. The predicted molar refractivity (Wildman–Crippen MR) is 42.0 cm³/mol. The molecule has 14 heavy (non-hydrogen) atoms. The first-order valence-electron chi connectivity index (χ1n) is 4.15. The van der Waals surface area contributed by atoms with Crippen LogP contribution in [0.2, 0.25) is 0 Å². The molecule has 0 amide bonds. The Kier molecular flexibility index (Phi) is 3.78. The van der Waals surface area contributed by atoms with E-state index in [4.69, 9.17) is 20.1 Å². The first-order chi connectivity index (χ1) is 6.49. The van der Waals surface area contributed by atoms with Crippen molar-refractivity contribution in [3.05, 3.63) is 0 Å². The molecule has 0 spiro atoms. The molecule has 1 heterocycles. The molecule has 0 aliphatic carbocycles. The maximum atomic E-state index is 9.25. The number of rotatable bonds is 2. The second kappa shape index (κ2) is 4.49. The fourth-order valence-corrected chi connectivity index (χ4v) is 1.38. The van der Waals surface area contributed by atoms with Crippen molar-refractivity contribution in [1.29, 1.82) is 0 Å². The Labute approximate surface area is 79.8 Å². The van der Waals surface area contributed by atoms with Crippen LogP contribution in [0.4, 0.5) is 0 Å². The summed E-state index contributed by atoms with van der Waals surface area (Å²) >= 11 is 0. The zero-order valence-electron chi connectivity index (χ0n) is 7.26. The van der Waals surface area contributed by atoms with Crippen LogP contribution in [0.5, 0.6) is 0 Å². The highest BCUT2D eigenvalue weighted by Gasteiger charge is 2.45. The number of hydrogen-bond acceptors (Lipinski definition) is 7. The molecule has 7 heteroatoms. The Morgan fingerprint density at radius 3 is 2.00 bits per heavy atom. The lowest BCUT2D eigenvalue weighted by atomic mass is 9.95. The molecule has 1 rings (SSSR count). The van der Waals surface area contributed by atoms with E-state index in [1.807, 2.05) is 0 Å². The van der Waals surface area contributed by atoms with Crippen LogP contribution < -0.4 is 0 Å². The number of ether oxygens (including phenoxy) is 1. The first kappa shape index (κ1) is 11.8. The molecule has 6 N–H and O–H groups in total. The van der Waals surface area contributed by atoms with Gasteiger partial charge in [0.1, 0.15) is 30.5 Å². The number of aliphatic hydroxyl groups is 6. The van der Waals surface area contributed by atoms with E-state index in [-0.39, 0.29) is 0 Å². The van der Waals surface area contributed by atoms with Crippen LogP contribution in [0.3, 0.4) is 0 Å². The Balaban J connectivity index is 2.73. The third kappa shape index (κ3) is 2.04. The van der Waals surface area contributed by atoms with Gasteiger partial charge >= 0.3 is 0 Å². The normalized spacial score (nSPS) is 44.4. The molecule has 1 unspecified atom stereocenters. The Morgan fingerprint density at radius 2 is 1.57 bits per heavy atom. The summed E-state index contributed by atoms with van der Waals surface area (Å²) in [5.41, 5.74) is 0. The van der Waals surface area contributed by atoms with Crippen molar-refractivity contribution < 1.29 is 35.4 Å². The Hall–Kier alpha value is -0.280. The molecule has 1 aliphatic heterocycles. The molecule has 0 aromatic carbocycles. The molecule has 5 atom stereocenters. The van der Waals surface area contributed by atoms with Crippen molar-refractivity contribution in [3.63, 3.8) is 0 Å². The van der Waals surface area contributed by atoms with Gasteiger partial charge in [0.05, 0.1) is 6.61 Å². The van der Waals surface area contributed by atoms with Crippen LogP contribution in [-0.2, 0) is 4.74 Å². The summed E-state index contributed by atoms with van der Waals surface area (Å²) in [7, 11) is 0. The third-order valence-electron chi connectivity index (χ3n) is 2.22. The molecule has 7 nitrogen and oxygen atoms in total. The smallest absolute Gasteiger partial charge is 0.181 e. The van der Waals surface area contributed by atoms with Gasteiger partial charge in [0, 0.05) is 0 Å². The zero-order valence-corrected chi connectivity index (χ0v) is 7.26. The monoisotopic (exact) mass is 210 g/mol. The maximum absolute atomic E-state index is 9.25. The molecule has 0 radical (unpaired) electrons. The van der Waals surface area contributed by atoms with Crippen LogP contribution in [-0.4, -0.2) is 74.1 Å². The molecule has 84 valence electrons. The van der Waals surface area contributed by atoms with E-state index in [1.165, 1.54) is 0 Å². The van der Waals surface area contributed by atoms with Crippen LogP contribution >= 0.6 is 0 Å².